The Hall–Kier alpha value is -3.10. The Morgan fingerprint density at radius 3 is 2.58 bits per heavy atom. The van der Waals surface area contributed by atoms with Crippen LogP contribution in [0.25, 0.3) is 11.3 Å². The number of piperidine rings is 3. The second kappa shape index (κ2) is 10.5. The first-order valence-corrected chi connectivity index (χ1v) is 13.2. The topological polar surface area (TPSA) is 87.2 Å². The lowest BCUT2D eigenvalue weighted by Gasteiger charge is -2.49. The first kappa shape index (κ1) is 24.6. The molecular weight excluding hydrogens is 518 g/mol. The molecule has 6 rings (SSSR count). The van der Waals surface area contributed by atoms with Gasteiger partial charge in [0.1, 0.15) is 5.82 Å². The maximum absolute atomic E-state index is 12.5. The van der Waals surface area contributed by atoms with E-state index in [1.165, 1.54) is 6.92 Å². The van der Waals surface area contributed by atoms with E-state index < -0.39 is 0 Å². The number of aromatic nitrogens is 2. The smallest absolute Gasteiger partial charge is 0.319 e. The van der Waals surface area contributed by atoms with Crippen LogP contribution in [0.4, 0.5) is 10.5 Å². The molecular formula is C28H30BrN5O2. The Morgan fingerprint density at radius 1 is 1.11 bits per heavy atom. The molecule has 2 bridgehead atoms. The van der Waals surface area contributed by atoms with Crippen LogP contribution in [-0.2, 0) is 0 Å². The van der Waals surface area contributed by atoms with E-state index in [-0.39, 0.29) is 11.8 Å². The number of urea groups is 1. The number of benzene rings is 2. The lowest BCUT2D eigenvalue weighted by molar-refractivity contribution is 0.0307. The zero-order chi connectivity index (χ0) is 25.2. The van der Waals surface area contributed by atoms with Gasteiger partial charge in [-0.3, -0.25) is 9.69 Å². The van der Waals surface area contributed by atoms with E-state index in [0.29, 0.717) is 35.7 Å². The molecule has 2 aromatic carbocycles. The molecule has 2 amide bonds. The molecule has 8 heteroatoms. The molecule has 4 atom stereocenters. The van der Waals surface area contributed by atoms with Gasteiger partial charge in [-0.1, -0.05) is 34.1 Å². The fourth-order valence-corrected chi connectivity index (χ4v) is 5.94. The van der Waals surface area contributed by atoms with Gasteiger partial charge in [0.15, 0.2) is 5.78 Å². The third kappa shape index (κ3) is 5.34. The van der Waals surface area contributed by atoms with Crippen LogP contribution in [0, 0.1) is 12.8 Å². The standard InChI is InChI=1S/C28H30BrN5O2/c1-17(35)19-7-9-21(10-8-19)33-28(36)30-15-22-13-20-11-12-34(22)16-24(20)27-14-26(31-18(2)32-27)23-5-3-4-6-25(23)29/h3-10,14,20,22,24H,11-13,15-16H2,1-2H3,(H2,30,33,36)/t20-,22+,24-/m0/s1. The Bertz CT molecular complexity index is 1280. The molecule has 3 aromatic rings. The van der Waals surface area contributed by atoms with Gasteiger partial charge >= 0.3 is 6.03 Å². The van der Waals surface area contributed by atoms with Gasteiger partial charge in [0, 0.05) is 52.0 Å². The normalized spacial score (nSPS) is 22.8. The van der Waals surface area contributed by atoms with E-state index in [2.05, 4.69) is 43.6 Å². The Morgan fingerprint density at radius 2 is 1.89 bits per heavy atom. The summed E-state index contributed by atoms with van der Waals surface area (Å²) in [6.07, 6.45) is 2.18. The number of nitrogens with one attached hydrogen (secondary N) is 2. The Kier molecular flexibility index (Phi) is 7.16. The summed E-state index contributed by atoms with van der Waals surface area (Å²) >= 11 is 3.66. The van der Waals surface area contributed by atoms with E-state index in [9.17, 15) is 9.59 Å². The summed E-state index contributed by atoms with van der Waals surface area (Å²) in [5, 5.41) is 5.89. The number of Topliss-reactive ketones (excluding diaryl/α,β-unsaturated/α-hetero) is 1. The van der Waals surface area contributed by atoms with E-state index >= 15 is 0 Å². The van der Waals surface area contributed by atoms with Crippen LogP contribution in [0.1, 0.15) is 47.6 Å². The van der Waals surface area contributed by atoms with Crippen molar-refractivity contribution in [3.8, 4) is 11.3 Å². The number of halogens is 1. The molecule has 7 nitrogen and oxygen atoms in total. The van der Waals surface area contributed by atoms with Gasteiger partial charge in [0.25, 0.3) is 0 Å². The summed E-state index contributed by atoms with van der Waals surface area (Å²) in [5.74, 6) is 1.70. The van der Waals surface area contributed by atoms with E-state index in [1.54, 1.807) is 24.3 Å². The van der Waals surface area contributed by atoms with Crippen molar-refractivity contribution in [2.45, 2.75) is 38.6 Å². The van der Waals surface area contributed by atoms with E-state index in [4.69, 9.17) is 9.97 Å². The largest absolute Gasteiger partial charge is 0.336 e. The van der Waals surface area contributed by atoms with Crippen LogP contribution in [0.3, 0.4) is 0 Å². The summed E-state index contributed by atoms with van der Waals surface area (Å²) in [7, 11) is 0. The third-order valence-corrected chi connectivity index (χ3v) is 8.01. The van der Waals surface area contributed by atoms with Crippen molar-refractivity contribution in [3.05, 3.63) is 76.2 Å². The molecule has 1 unspecified atom stereocenters. The number of carbonyl (C=O) groups excluding carboxylic acids is 2. The van der Waals surface area contributed by atoms with Crippen molar-refractivity contribution in [3.63, 3.8) is 0 Å². The average molecular weight is 548 g/mol. The van der Waals surface area contributed by atoms with Crippen LogP contribution < -0.4 is 10.6 Å². The first-order chi connectivity index (χ1) is 17.4. The molecule has 3 fully saturated rings. The van der Waals surface area contributed by atoms with Gasteiger partial charge in [-0.2, -0.15) is 0 Å². The average Bonchev–Trinajstić information content (AvgIpc) is 2.88. The van der Waals surface area contributed by atoms with Gasteiger partial charge < -0.3 is 10.6 Å². The Labute approximate surface area is 219 Å². The van der Waals surface area contributed by atoms with Crippen LogP contribution in [0.5, 0.6) is 0 Å². The minimum Gasteiger partial charge on any atom is -0.336 e. The molecule has 0 saturated carbocycles. The number of hydrogen-bond donors (Lipinski definition) is 2. The number of anilines is 1. The van der Waals surface area contributed by atoms with Crippen LogP contribution in [0.2, 0.25) is 0 Å². The number of fused-ring (bicyclic) bond motifs is 3. The molecule has 3 aliphatic heterocycles. The monoisotopic (exact) mass is 547 g/mol. The van der Waals surface area contributed by atoms with Gasteiger partial charge in [-0.15, -0.1) is 0 Å². The predicted molar refractivity (Wildman–Crippen MR) is 144 cm³/mol. The number of ketones is 1. The van der Waals surface area contributed by atoms with Crippen molar-refractivity contribution in [2.24, 2.45) is 5.92 Å². The van der Waals surface area contributed by atoms with Crippen molar-refractivity contribution in [1.82, 2.24) is 20.2 Å². The second-order valence-electron chi connectivity index (χ2n) is 9.71. The zero-order valence-electron chi connectivity index (χ0n) is 20.5. The van der Waals surface area contributed by atoms with E-state index in [0.717, 1.165) is 53.2 Å². The highest BCUT2D eigenvalue weighted by Gasteiger charge is 2.41. The molecule has 3 aliphatic rings. The number of carbonyl (C=O) groups is 2. The summed E-state index contributed by atoms with van der Waals surface area (Å²) in [6.45, 7) is 6.08. The highest BCUT2D eigenvalue weighted by molar-refractivity contribution is 9.10. The predicted octanol–water partition coefficient (Wildman–Crippen LogP) is 5.42. The highest BCUT2D eigenvalue weighted by Crippen LogP contribution is 2.42. The summed E-state index contributed by atoms with van der Waals surface area (Å²) < 4.78 is 1.03. The SMILES string of the molecule is CC(=O)c1ccc(NC(=O)NC[C@H]2C[C@@H]3CCN2C[C@@H]3c2cc(-c3ccccc3Br)nc(C)n2)cc1. The van der Waals surface area contributed by atoms with Crippen molar-refractivity contribution < 1.29 is 9.59 Å². The third-order valence-electron chi connectivity index (χ3n) is 7.31. The van der Waals surface area contributed by atoms with Gasteiger partial charge in [0.05, 0.1) is 5.69 Å². The van der Waals surface area contributed by atoms with Crippen LogP contribution >= 0.6 is 15.9 Å². The van der Waals surface area contributed by atoms with Gasteiger partial charge in [-0.25, -0.2) is 14.8 Å². The Balaban J connectivity index is 1.21. The molecule has 186 valence electrons. The lowest BCUT2D eigenvalue weighted by atomic mass is 9.74. The summed E-state index contributed by atoms with van der Waals surface area (Å²) in [4.78, 5) is 35.9. The maximum Gasteiger partial charge on any atom is 0.319 e. The molecule has 3 saturated heterocycles. The van der Waals surface area contributed by atoms with Gasteiger partial charge in [-0.05, 0) is 75.5 Å². The highest BCUT2D eigenvalue weighted by atomic mass is 79.9. The number of aryl methyl sites for hydroxylation is 1. The zero-order valence-corrected chi connectivity index (χ0v) is 22.1. The number of nitrogens with zero attached hydrogens (tertiary/aromatic N) is 3. The molecule has 36 heavy (non-hydrogen) atoms. The van der Waals surface area contributed by atoms with Crippen LogP contribution in [-0.4, -0.2) is 52.4 Å². The number of rotatable bonds is 6. The summed E-state index contributed by atoms with van der Waals surface area (Å²) in [5.41, 5.74) is 4.44. The number of amides is 2. The van der Waals surface area contributed by atoms with Gasteiger partial charge in [0.2, 0.25) is 0 Å². The van der Waals surface area contributed by atoms with Crippen molar-refractivity contribution in [2.75, 3.05) is 25.0 Å². The molecule has 4 heterocycles. The maximum atomic E-state index is 12.5. The molecule has 1 aromatic heterocycles. The lowest BCUT2D eigenvalue weighted by Crippen LogP contribution is -2.56. The number of hydrogen-bond acceptors (Lipinski definition) is 5. The molecule has 0 aliphatic carbocycles. The fraction of sp³-hybridized carbons (Fsp3) is 0.357. The fourth-order valence-electron chi connectivity index (χ4n) is 5.45. The van der Waals surface area contributed by atoms with E-state index in [1.807, 2.05) is 25.1 Å². The molecule has 0 spiro atoms. The minimum atomic E-state index is -0.228. The van der Waals surface area contributed by atoms with Crippen LogP contribution in [0.15, 0.2) is 59.1 Å². The second-order valence-corrected chi connectivity index (χ2v) is 10.6. The molecule has 0 radical (unpaired) electrons. The first-order valence-electron chi connectivity index (χ1n) is 12.4. The molecule has 2 N–H and O–H groups in total. The minimum absolute atomic E-state index is 0.00647. The quantitative estimate of drug-likeness (QED) is 0.402. The van der Waals surface area contributed by atoms with Crippen molar-refractivity contribution >= 4 is 33.4 Å². The van der Waals surface area contributed by atoms with Crippen molar-refractivity contribution in [1.29, 1.82) is 0 Å². The summed E-state index contributed by atoms with van der Waals surface area (Å²) in [6, 6.07) is 17.3.